The first kappa shape index (κ1) is 14.0. The van der Waals surface area contributed by atoms with E-state index in [1.807, 2.05) is 18.5 Å². The van der Waals surface area contributed by atoms with Crippen LogP contribution in [0, 0.1) is 5.92 Å². The Kier molecular flexibility index (Phi) is 5.30. The van der Waals surface area contributed by atoms with Crippen LogP contribution in [0.2, 0.25) is 0 Å². The summed E-state index contributed by atoms with van der Waals surface area (Å²) in [6.07, 6.45) is 5.50. The monoisotopic (exact) mass is 277 g/mol. The zero-order chi connectivity index (χ0) is 13.5. The molecule has 0 saturated carbocycles. The minimum Gasteiger partial charge on any atom is -0.396 e. The lowest BCUT2D eigenvalue weighted by Crippen LogP contribution is -2.20. The summed E-state index contributed by atoms with van der Waals surface area (Å²) in [7, 11) is 0. The van der Waals surface area contributed by atoms with Gasteiger partial charge in [-0.25, -0.2) is 9.97 Å². The molecular formula is C14H19N3OS. The smallest absolute Gasteiger partial charge is 0.222 e. The van der Waals surface area contributed by atoms with Crippen molar-refractivity contribution in [3.63, 3.8) is 0 Å². The van der Waals surface area contributed by atoms with Crippen LogP contribution in [0.1, 0.15) is 17.4 Å². The summed E-state index contributed by atoms with van der Waals surface area (Å²) in [5.41, 5.74) is 1.13. The second-order valence-corrected chi connectivity index (χ2v) is 5.51. The molecule has 2 N–H and O–H groups in total. The zero-order valence-electron chi connectivity index (χ0n) is 11.0. The molecule has 0 aliphatic carbocycles. The molecule has 0 saturated heterocycles. The highest BCUT2D eigenvalue weighted by Gasteiger charge is 2.10. The summed E-state index contributed by atoms with van der Waals surface area (Å²) >= 11 is 1.72. The quantitative estimate of drug-likeness (QED) is 0.815. The number of aryl methyl sites for hydroxylation is 1. The Morgan fingerprint density at radius 2 is 2.16 bits per heavy atom. The highest BCUT2D eigenvalue weighted by atomic mass is 32.1. The van der Waals surface area contributed by atoms with Crippen LogP contribution in [0.3, 0.4) is 0 Å². The van der Waals surface area contributed by atoms with Crippen LogP contribution < -0.4 is 5.32 Å². The summed E-state index contributed by atoms with van der Waals surface area (Å²) < 4.78 is 0. The lowest BCUT2D eigenvalue weighted by atomic mass is 10.1. The topological polar surface area (TPSA) is 58.0 Å². The molecule has 0 aromatic carbocycles. The Balaban J connectivity index is 1.84. The van der Waals surface area contributed by atoms with E-state index in [0.717, 1.165) is 18.4 Å². The van der Waals surface area contributed by atoms with Crippen molar-refractivity contribution in [2.24, 2.45) is 5.92 Å². The number of aromatic nitrogens is 2. The molecular weight excluding hydrogens is 258 g/mol. The molecule has 0 fully saturated rings. The van der Waals surface area contributed by atoms with Crippen molar-refractivity contribution in [3.8, 4) is 0 Å². The van der Waals surface area contributed by atoms with Gasteiger partial charge in [-0.05, 0) is 29.9 Å². The molecule has 2 aromatic heterocycles. The van der Waals surface area contributed by atoms with Gasteiger partial charge in [-0.2, -0.15) is 0 Å². The molecule has 2 rings (SSSR count). The molecule has 0 aliphatic rings. The molecule has 0 bridgehead atoms. The SMILES string of the molecule is CCc1cnc(NCC(CO)Cc2cccs2)nc1. The lowest BCUT2D eigenvalue weighted by Gasteiger charge is -2.14. The van der Waals surface area contributed by atoms with Crippen molar-refractivity contribution in [3.05, 3.63) is 40.3 Å². The Morgan fingerprint density at radius 3 is 2.74 bits per heavy atom. The van der Waals surface area contributed by atoms with E-state index in [1.165, 1.54) is 4.88 Å². The Bertz CT molecular complexity index is 470. The fraction of sp³-hybridized carbons (Fsp3) is 0.429. The van der Waals surface area contributed by atoms with Gasteiger partial charge in [0.05, 0.1) is 0 Å². The van der Waals surface area contributed by atoms with Crippen LogP contribution in [0.25, 0.3) is 0 Å². The van der Waals surface area contributed by atoms with Crippen molar-refractivity contribution in [1.29, 1.82) is 0 Å². The maximum atomic E-state index is 9.41. The minimum absolute atomic E-state index is 0.165. The molecule has 2 aromatic rings. The van der Waals surface area contributed by atoms with Crippen LogP contribution >= 0.6 is 11.3 Å². The average molecular weight is 277 g/mol. The lowest BCUT2D eigenvalue weighted by molar-refractivity contribution is 0.233. The highest BCUT2D eigenvalue weighted by molar-refractivity contribution is 7.09. The number of aliphatic hydroxyl groups is 1. The number of hydrogen-bond donors (Lipinski definition) is 2. The van der Waals surface area contributed by atoms with E-state index >= 15 is 0 Å². The highest BCUT2D eigenvalue weighted by Crippen LogP contribution is 2.14. The van der Waals surface area contributed by atoms with Gasteiger partial charge in [-0.3, -0.25) is 0 Å². The third-order valence-electron chi connectivity index (χ3n) is 2.99. The fourth-order valence-corrected chi connectivity index (χ4v) is 2.60. The van der Waals surface area contributed by atoms with Gasteiger partial charge < -0.3 is 10.4 Å². The molecule has 0 amide bonds. The van der Waals surface area contributed by atoms with Crippen molar-refractivity contribution >= 4 is 17.3 Å². The zero-order valence-corrected chi connectivity index (χ0v) is 11.9. The molecule has 0 aliphatic heterocycles. The van der Waals surface area contributed by atoms with E-state index < -0.39 is 0 Å². The van der Waals surface area contributed by atoms with Gasteiger partial charge in [-0.1, -0.05) is 13.0 Å². The maximum Gasteiger partial charge on any atom is 0.222 e. The molecule has 0 radical (unpaired) electrons. The van der Waals surface area contributed by atoms with Gasteiger partial charge >= 0.3 is 0 Å². The predicted molar refractivity (Wildman–Crippen MR) is 78.5 cm³/mol. The second-order valence-electron chi connectivity index (χ2n) is 4.48. The van der Waals surface area contributed by atoms with Gasteiger partial charge in [0.1, 0.15) is 0 Å². The van der Waals surface area contributed by atoms with Gasteiger partial charge in [0, 0.05) is 36.3 Å². The third kappa shape index (κ3) is 4.29. The first-order valence-corrected chi connectivity index (χ1v) is 7.37. The van der Waals surface area contributed by atoms with E-state index in [1.54, 1.807) is 11.3 Å². The normalized spacial score (nSPS) is 12.3. The Labute approximate surface area is 117 Å². The summed E-state index contributed by atoms with van der Waals surface area (Å²) in [6.45, 7) is 2.92. The number of nitrogens with zero attached hydrogens (tertiary/aromatic N) is 2. The van der Waals surface area contributed by atoms with E-state index in [2.05, 4.69) is 33.7 Å². The minimum atomic E-state index is 0.165. The molecule has 4 nitrogen and oxygen atoms in total. The van der Waals surface area contributed by atoms with E-state index in [9.17, 15) is 5.11 Å². The molecule has 19 heavy (non-hydrogen) atoms. The van der Waals surface area contributed by atoms with Crippen LogP contribution in [-0.4, -0.2) is 28.2 Å². The Hall–Kier alpha value is -1.46. The third-order valence-corrected chi connectivity index (χ3v) is 3.89. The van der Waals surface area contributed by atoms with E-state index in [4.69, 9.17) is 0 Å². The maximum absolute atomic E-state index is 9.41. The summed E-state index contributed by atoms with van der Waals surface area (Å²) in [5.74, 6) is 0.815. The van der Waals surface area contributed by atoms with Gasteiger partial charge in [-0.15, -0.1) is 11.3 Å². The van der Waals surface area contributed by atoms with Gasteiger partial charge in [0.25, 0.3) is 0 Å². The molecule has 5 heteroatoms. The summed E-state index contributed by atoms with van der Waals surface area (Å²) in [4.78, 5) is 9.80. The van der Waals surface area contributed by atoms with E-state index in [0.29, 0.717) is 12.5 Å². The van der Waals surface area contributed by atoms with Crippen molar-refractivity contribution in [2.75, 3.05) is 18.5 Å². The number of hydrogen-bond acceptors (Lipinski definition) is 5. The largest absolute Gasteiger partial charge is 0.396 e. The average Bonchev–Trinajstić information content (AvgIpc) is 2.97. The fourth-order valence-electron chi connectivity index (χ4n) is 1.78. The summed E-state index contributed by atoms with van der Waals surface area (Å²) in [5, 5.41) is 14.6. The van der Waals surface area contributed by atoms with Crippen LogP contribution in [0.4, 0.5) is 5.95 Å². The number of anilines is 1. The van der Waals surface area contributed by atoms with Crippen molar-refractivity contribution < 1.29 is 5.11 Å². The molecule has 1 unspecified atom stereocenters. The standard InChI is InChI=1S/C14H19N3OS/c1-2-11-7-15-14(16-8-11)17-9-12(10-18)6-13-4-3-5-19-13/h3-5,7-8,12,18H,2,6,9-10H2,1H3,(H,15,16,17). The second kappa shape index (κ2) is 7.21. The number of rotatable bonds is 7. The van der Waals surface area contributed by atoms with Crippen LogP contribution in [0.15, 0.2) is 29.9 Å². The predicted octanol–water partition coefficient (Wildman–Crippen LogP) is 2.36. The van der Waals surface area contributed by atoms with E-state index in [-0.39, 0.29) is 12.5 Å². The van der Waals surface area contributed by atoms with Gasteiger partial charge in [0.2, 0.25) is 5.95 Å². The van der Waals surface area contributed by atoms with Crippen molar-refractivity contribution in [1.82, 2.24) is 9.97 Å². The molecule has 2 heterocycles. The number of thiophene rings is 1. The van der Waals surface area contributed by atoms with Crippen molar-refractivity contribution in [2.45, 2.75) is 19.8 Å². The van der Waals surface area contributed by atoms with Crippen LogP contribution in [0.5, 0.6) is 0 Å². The first-order valence-electron chi connectivity index (χ1n) is 6.49. The molecule has 102 valence electrons. The first-order chi connectivity index (χ1) is 9.31. The van der Waals surface area contributed by atoms with Gasteiger partial charge in [0.15, 0.2) is 0 Å². The number of aliphatic hydroxyl groups excluding tert-OH is 1. The number of nitrogens with one attached hydrogen (secondary N) is 1. The Morgan fingerprint density at radius 1 is 1.37 bits per heavy atom. The molecule has 0 spiro atoms. The summed E-state index contributed by atoms with van der Waals surface area (Å²) in [6, 6.07) is 4.13. The van der Waals surface area contributed by atoms with Crippen LogP contribution in [-0.2, 0) is 12.8 Å². The molecule has 1 atom stereocenters.